The van der Waals surface area contributed by atoms with E-state index in [0.717, 1.165) is 11.3 Å². The Bertz CT molecular complexity index is 916. The van der Waals surface area contributed by atoms with E-state index in [9.17, 15) is 14.9 Å². The Balaban J connectivity index is 1.70. The lowest BCUT2D eigenvalue weighted by molar-refractivity contribution is -0.384. The van der Waals surface area contributed by atoms with Crippen LogP contribution in [0.15, 0.2) is 53.2 Å². The molecule has 7 heteroatoms. The summed E-state index contributed by atoms with van der Waals surface area (Å²) in [6.07, 6.45) is 0.841. The second-order valence-corrected chi connectivity index (χ2v) is 7.75. The first kappa shape index (κ1) is 16.0. The molecule has 1 aliphatic heterocycles. The van der Waals surface area contributed by atoms with Crippen LogP contribution in [0.3, 0.4) is 0 Å². The third-order valence-corrected chi connectivity index (χ3v) is 6.29. The molecule has 5 nitrogen and oxygen atoms in total. The quantitative estimate of drug-likeness (QED) is 0.503. The summed E-state index contributed by atoms with van der Waals surface area (Å²) in [6.45, 7) is 0.645. The third-order valence-electron chi connectivity index (χ3n) is 4.36. The van der Waals surface area contributed by atoms with Crippen LogP contribution in [-0.2, 0) is 6.42 Å². The lowest BCUT2D eigenvalue weighted by Gasteiger charge is -2.35. The van der Waals surface area contributed by atoms with Gasteiger partial charge in [0, 0.05) is 34.0 Å². The van der Waals surface area contributed by atoms with Gasteiger partial charge < -0.3 is 4.90 Å². The summed E-state index contributed by atoms with van der Waals surface area (Å²) in [6, 6.07) is 11.9. The largest absolute Gasteiger partial charge is 0.326 e. The number of benzene rings is 1. The standard InChI is InChI=1S/C18H14N2O3S2/c21-18(12-3-5-13(6-4-12)20(22)23)19-9-7-15-14(8-11-25-15)17(19)16-2-1-10-24-16/h1-6,8,10-11,17H,7,9H2/t17-/m0/s1. The summed E-state index contributed by atoms with van der Waals surface area (Å²) >= 11 is 3.37. The molecule has 0 N–H and O–H groups in total. The lowest BCUT2D eigenvalue weighted by atomic mass is 9.97. The lowest BCUT2D eigenvalue weighted by Crippen LogP contribution is -2.39. The number of carbonyl (C=O) groups excluding carboxylic acids is 1. The average Bonchev–Trinajstić information content (AvgIpc) is 3.31. The normalized spacial score (nSPS) is 16.5. The summed E-state index contributed by atoms with van der Waals surface area (Å²) < 4.78 is 0. The Morgan fingerprint density at radius 2 is 1.92 bits per heavy atom. The van der Waals surface area contributed by atoms with Crippen molar-refractivity contribution >= 4 is 34.3 Å². The van der Waals surface area contributed by atoms with Gasteiger partial charge in [0.15, 0.2) is 0 Å². The smallest absolute Gasteiger partial charge is 0.269 e. The first-order valence-corrected chi connectivity index (χ1v) is 9.56. The van der Waals surface area contributed by atoms with E-state index in [0.29, 0.717) is 12.1 Å². The molecule has 2 aromatic heterocycles. The number of fused-ring (bicyclic) bond motifs is 1. The number of thiophene rings is 2. The van der Waals surface area contributed by atoms with E-state index in [4.69, 9.17) is 0 Å². The van der Waals surface area contributed by atoms with Crippen molar-refractivity contribution in [2.75, 3.05) is 6.54 Å². The molecule has 1 aliphatic rings. The summed E-state index contributed by atoms with van der Waals surface area (Å²) in [5.74, 6) is -0.0925. The van der Waals surface area contributed by atoms with Crippen molar-refractivity contribution in [3.05, 3.63) is 84.2 Å². The van der Waals surface area contributed by atoms with E-state index < -0.39 is 4.92 Å². The van der Waals surface area contributed by atoms with Gasteiger partial charge in [0.2, 0.25) is 0 Å². The maximum absolute atomic E-state index is 13.1. The first-order valence-electron chi connectivity index (χ1n) is 7.80. The fourth-order valence-corrected chi connectivity index (χ4v) is 4.94. The molecule has 0 fully saturated rings. The molecular formula is C18H14N2O3S2. The van der Waals surface area contributed by atoms with E-state index in [1.807, 2.05) is 16.3 Å². The van der Waals surface area contributed by atoms with Crippen LogP contribution in [0.4, 0.5) is 5.69 Å². The van der Waals surface area contributed by atoms with Gasteiger partial charge in [0.05, 0.1) is 11.0 Å². The van der Waals surface area contributed by atoms with Crippen LogP contribution in [0.1, 0.15) is 31.7 Å². The summed E-state index contributed by atoms with van der Waals surface area (Å²) in [5, 5.41) is 14.9. The molecule has 3 heterocycles. The third kappa shape index (κ3) is 2.85. The Labute approximate surface area is 152 Å². The molecule has 25 heavy (non-hydrogen) atoms. The minimum absolute atomic E-state index is 0.00915. The molecule has 3 aromatic rings. The minimum Gasteiger partial charge on any atom is -0.326 e. The van der Waals surface area contributed by atoms with Gasteiger partial charge in [0.1, 0.15) is 0 Å². The number of nitro groups is 1. The van der Waals surface area contributed by atoms with Crippen molar-refractivity contribution in [2.45, 2.75) is 12.5 Å². The van der Waals surface area contributed by atoms with Crippen molar-refractivity contribution < 1.29 is 9.72 Å². The van der Waals surface area contributed by atoms with Crippen LogP contribution in [0, 0.1) is 10.1 Å². The molecule has 0 saturated heterocycles. The average molecular weight is 370 g/mol. The molecule has 0 saturated carbocycles. The number of non-ortho nitro benzene ring substituents is 1. The highest BCUT2D eigenvalue weighted by Crippen LogP contribution is 2.40. The molecule has 0 bridgehead atoms. The fraction of sp³-hybridized carbons (Fsp3) is 0.167. The van der Waals surface area contributed by atoms with Crippen LogP contribution < -0.4 is 0 Å². The SMILES string of the molecule is O=C(c1ccc([N+](=O)[O-])cc1)N1CCc2sccc2[C@H]1c1cccs1. The van der Waals surface area contributed by atoms with Gasteiger partial charge in [-0.3, -0.25) is 14.9 Å². The number of rotatable bonds is 3. The van der Waals surface area contributed by atoms with E-state index in [-0.39, 0.29) is 17.6 Å². The fourth-order valence-electron chi connectivity index (χ4n) is 3.18. The van der Waals surface area contributed by atoms with Crippen LogP contribution in [0.5, 0.6) is 0 Å². The Hall–Kier alpha value is -2.51. The van der Waals surface area contributed by atoms with Gasteiger partial charge in [0.25, 0.3) is 11.6 Å². The second kappa shape index (κ2) is 6.42. The Kier molecular flexibility index (Phi) is 4.10. The molecule has 0 aliphatic carbocycles. The molecule has 1 amide bonds. The van der Waals surface area contributed by atoms with E-state index in [2.05, 4.69) is 17.5 Å². The highest BCUT2D eigenvalue weighted by molar-refractivity contribution is 7.10. The predicted octanol–water partition coefficient (Wildman–Crippen LogP) is 4.51. The number of nitro benzene ring substituents is 1. The van der Waals surface area contributed by atoms with Crippen molar-refractivity contribution in [1.82, 2.24) is 4.90 Å². The van der Waals surface area contributed by atoms with Gasteiger partial charge in [-0.15, -0.1) is 22.7 Å². The van der Waals surface area contributed by atoms with Crippen LogP contribution >= 0.6 is 22.7 Å². The molecule has 1 atom stereocenters. The first-order chi connectivity index (χ1) is 12.1. The highest BCUT2D eigenvalue weighted by Gasteiger charge is 2.33. The maximum Gasteiger partial charge on any atom is 0.269 e. The summed E-state index contributed by atoms with van der Waals surface area (Å²) in [7, 11) is 0. The van der Waals surface area contributed by atoms with Gasteiger partial charge >= 0.3 is 0 Å². The van der Waals surface area contributed by atoms with Crippen LogP contribution in [-0.4, -0.2) is 22.3 Å². The maximum atomic E-state index is 13.1. The predicted molar refractivity (Wildman–Crippen MR) is 98.3 cm³/mol. The van der Waals surface area contributed by atoms with E-state index in [1.165, 1.54) is 34.7 Å². The number of hydrogen-bond donors (Lipinski definition) is 0. The topological polar surface area (TPSA) is 63.4 Å². The molecule has 0 spiro atoms. The van der Waals surface area contributed by atoms with Crippen LogP contribution in [0.2, 0.25) is 0 Å². The van der Waals surface area contributed by atoms with E-state index in [1.54, 1.807) is 22.7 Å². The van der Waals surface area contributed by atoms with Crippen LogP contribution in [0.25, 0.3) is 0 Å². The molecule has 126 valence electrons. The second-order valence-electron chi connectivity index (χ2n) is 5.77. The Morgan fingerprint density at radius 3 is 2.60 bits per heavy atom. The zero-order valence-electron chi connectivity index (χ0n) is 13.1. The number of carbonyl (C=O) groups is 1. The number of hydrogen-bond acceptors (Lipinski definition) is 5. The minimum atomic E-state index is -0.457. The number of nitrogens with zero attached hydrogens (tertiary/aromatic N) is 2. The van der Waals surface area contributed by atoms with Crippen molar-refractivity contribution in [1.29, 1.82) is 0 Å². The van der Waals surface area contributed by atoms with Gasteiger partial charge in [-0.1, -0.05) is 6.07 Å². The van der Waals surface area contributed by atoms with Gasteiger partial charge in [-0.05, 0) is 47.0 Å². The molecule has 0 radical (unpaired) electrons. The molecular weight excluding hydrogens is 356 g/mol. The molecule has 0 unspecified atom stereocenters. The van der Waals surface area contributed by atoms with Gasteiger partial charge in [-0.2, -0.15) is 0 Å². The van der Waals surface area contributed by atoms with Gasteiger partial charge in [-0.25, -0.2) is 0 Å². The van der Waals surface area contributed by atoms with E-state index >= 15 is 0 Å². The molecule has 1 aromatic carbocycles. The zero-order valence-corrected chi connectivity index (χ0v) is 14.8. The molecule has 4 rings (SSSR count). The number of amides is 1. The van der Waals surface area contributed by atoms with Crippen molar-refractivity contribution in [3.8, 4) is 0 Å². The summed E-state index contributed by atoms with van der Waals surface area (Å²) in [5.41, 5.74) is 1.66. The summed E-state index contributed by atoms with van der Waals surface area (Å²) in [4.78, 5) is 27.8. The monoisotopic (exact) mass is 370 g/mol. The van der Waals surface area contributed by atoms with Crippen molar-refractivity contribution in [2.24, 2.45) is 0 Å². The van der Waals surface area contributed by atoms with Crippen molar-refractivity contribution in [3.63, 3.8) is 0 Å². The Morgan fingerprint density at radius 1 is 1.12 bits per heavy atom. The zero-order chi connectivity index (χ0) is 17.4. The highest BCUT2D eigenvalue weighted by atomic mass is 32.1.